The second-order valence-corrected chi connectivity index (χ2v) is 2.81. The number of carbonyl (C=O) groups excluding carboxylic acids is 1. The van der Waals surface area contributed by atoms with Gasteiger partial charge in [0.15, 0.2) is 0 Å². The molecule has 76 valence electrons. The second kappa shape index (κ2) is 3.93. The van der Waals surface area contributed by atoms with Crippen LogP contribution in [0.25, 0.3) is 0 Å². The van der Waals surface area contributed by atoms with Gasteiger partial charge in [-0.3, -0.25) is 9.78 Å². The van der Waals surface area contributed by atoms with E-state index < -0.39 is 0 Å². The molecule has 1 heterocycles. The number of hydrazine groups is 1. The van der Waals surface area contributed by atoms with E-state index in [1.165, 1.54) is 24.5 Å². The van der Waals surface area contributed by atoms with Gasteiger partial charge in [-0.15, -0.1) is 0 Å². The smallest absolute Gasteiger partial charge is 0.254 e. The van der Waals surface area contributed by atoms with Gasteiger partial charge < -0.3 is 16.1 Å². The summed E-state index contributed by atoms with van der Waals surface area (Å²) in [4.78, 5) is 15.2. The molecule has 1 aromatic rings. The fourth-order valence-electron chi connectivity index (χ4n) is 1.06. The van der Waals surface area contributed by atoms with Crippen LogP contribution in [0.5, 0.6) is 0 Å². The number of rotatable bonds is 2. The van der Waals surface area contributed by atoms with Crippen LogP contribution in [0.15, 0.2) is 12.4 Å². The number of nitrogen functional groups attached to an aromatic ring is 1. The van der Waals surface area contributed by atoms with Crippen LogP contribution in [0.3, 0.4) is 0 Å². The van der Waals surface area contributed by atoms with E-state index >= 15 is 0 Å². The summed E-state index contributed by atoms with van der Waals surface area (Å²) in [6, 6.07) is 0. The number of hydrogen-bond donors (Lipinski definition) is 3. The summed E-state index contributed by atoms with van der Waals surface area (Å²) in [7, 11) is 3.15. The molecule has 1 rings (SSSR count). The van der Waals surface area contributed by atoms with E-state index in [0.717, 1.165) is 0 Å². The van der Waals surface area contributed by atoms with Gasteiger partial charge in [-0.1, -0.05) is 0 Å². The molecule has 0 spiro atoms. The molecule has 0 aliphatic rings. The number of aromatic nitrogens is 1. The zero-order valence-electron chi connectivity index (χ0n) is 8.11. The van der Waals surface area contributed by atoms with Crippen LogP contribution in [-0.4, -0.2) is 25.0 Å². The zero-order chi connectivity index (χ0) is 10.7. The quantitative estimate of drug-likeness (QED) is 0.429. The van der Waals surface area contributed by atoms with Gasteiger partial charge in [0.1, 0.15) is 0 Å². The molecular formula is C8H13N5O. The van der Waals surface area contributed by atoms with E-state index in [4.69, 9.17) is 11.6 Å². The molecule has 6 nitrogen and oxygen atoms in total. The minimum absolute atomic E-state index is 0.279. The van der Waals surface area contributed by atoms with Crippen molar-refractivity contribution >= 4 is 17.3 Å². The van der Waals surface area contributed by atoms with Gasteiger partial charge in [0, 0.05) is 20.3 Å². The van der Waals surface area contributed by atoms with Gasteiger partial charge in [0.2, 0.25) is 0 Å². The molecule has 0 aliphatic heterocycles. The summed E-state index contributed by atoms with van der Waals surface area (Å²) in [5, 5.41) is 3.78. The van der Waals surface area contributed by atoms with E-state index in [1.807, 2.05) is 0 Å². The lowest BCUT2D eigenvalue weighted by atomic mass is 10.2. The molecular weight excluding hydrogens is 182 g/mol. The van der Waals surface area contributed by atoms with Crippen molar-refractivity contribution in [1.29, 1.82) is 0 Å². The lowest BCUT2D eigenvalue weighted by molar-refractivity contribution is 0.0963. The Morgan fingerprint density at radius 2 is 2.21 bits per heavy atom. The van der Waals surface area contributed by atoms with Crippen LogP contribution < -0.4 is 21.9 Å². The number of carbonyl (C=O) groups is 1. The third-order valence-electron chi connectivity index (χ3n) is 1.82. The molecule has 1 amide bonds. The van der Waals surface area contributed by atoms with Gasteiger partial charge in [0.25, 0.3) is 5.91 Å². The Morgan fingerprint density at radius 1 is 1.57 bits per heavy atom. The molecule has 14 heavy (non-hydrogen) atoms. The number of nitrogens with zero attached hydrogens (tertiary/aromatic N) is 2. The summed E-state index contributed by atoms with van der Waals surface area (Å²) in [6.07, 6.45) is 2.91. The van der Waals surface area contributed by atoms with Crippen molar-refractivity contribution in [2.75, 3.05) is 24.8 Å². The molecule has 0 saturated carbocycles. The molecule has 0 atom stereocenters. The molecule has 6 heteroatoms. The summed E-state index contributed by atoms with van der Waals surface area (Å²) >= 11 is 0. The van der Waals surface area contributed by atoms with Crippen LogP contribution in [-0.2, 0) is 0 Å². The Balaban J connectivity index is 3.20. The largest absolute Gasteiger partial charge is 0.396 e. The van der Waals surface area contributed by atoms with Crippen molar-refractivity contribution in [2.45, 2.75) is 0 Å². The van der Waals surface area contributed by atoms with Crippen LogP contribution in [0.4, 0.5) is 11.4 Å². The molecule has 0 aromatic carbocycles. The van der Waals surface area contributed by atoms with Crippen molar-refractivity contribution in [3.8, 4) is 0 Å². The lowest BCUT2D eigenvalue weighted by Crippen LogP contribution is -2.28. The number of nitrogens with two attached hydrogens (primary N) is 2. The van der Waals surface area contributed by atoms with Crippen molar-refractivity contribution in [1.82, 2.24) is 10.3 Å². The molecule has 1 aromatic heterocycles. The fourth-order valence-corrected chi connectivity index (χ4v) is 1.06. The predicted molar refractivity (Wildman–Crippen MR) is 54.6 cm³/mol. The first kappa shape index (κ1) is 10.3. The molecule has 0 saturated heterocycles. The van der Waals surface area contributed by atoms with Crippen LogP contribution >= 0.6 is 0 Å². The molecule has 0 fully saturated rings. The highest BCUT2D eigenvalue weighted by Gasteiger charge is 2.12. The van der Waals surface area contributed by atoms with Crippen molar-refractivity contribution < 1.29 is 4.79 Å². The van der Waals surface area contributed by atoms with Gasteiger partial charge in [0.05, 0.1) is 23.1 Å². The van der Waals surface area contributed by atoms with Gasteiger partial charge in [-0.2, -0.15) is 0 Å². The number of amides is 1. The number of nitrogens with one attached hydrogen (secondary N) is 1. The Labute approximate surface area is 81.9 Å². The van der Waals surface area contributed by atoms with Crippen molar-refractivity contribution in [2.24, 2.45) is 5.84 Å². The summed E-state index contributed by atoms with van der Waals surface area (Å²) in [5.41, 5.74) is 6.90. The monoisotopic (exact) mass is 195 g/mol. The minimum atomic E-state index is -0.279. The summed E-state index contributed by atoms with van der Waals surface area (Å²) in [5.74, 6) is 5.23. The zero-order valence-corrected chi connectivity index (χ0v) is 8.11. The highest BCUT2D eigenvalue weighted by Crippen LogP contribution is 2.22. The molecule has 5 N–H and O–H groups in total. The first-order valence-electron chi connectivity index (χ1n) is 4.02. The number of pyridine rings is 1. The van der Waals surface area contributed by atoms with Crippen LogP contribution in [0.1, 0.15) is 10.4 Å². The van der Waals surface area contributed by atoms with Gasteiger partial charge >= 0.3 is 0 Å². The average Bonchev–Trinajstić information content (AvgIpc) is 2.16. The Morgan fingerprint density at radius 3 is 2.71 bits per heavy atom. The van der Waals surface area contributed by atoms with E-state index in [9.17, 15) is 4.79 Å². The van der Waals surface area contributed by atoms with E-state index in [2.05, 4.69) is 10.3 Å². The topological polar surface area (TPSA) is 97.3 Å². The third kappa shape index (κ3) is 1.74. The van der Waals surface area contributed by atoms with Gasteiger partial charge in [-0.25, -0.2) is 5.84 Å². The van der Waals surface area contributed by atoms with Crippen molar-refractivity contribution in [3.05, 3.63) is 18.0 Å². The minimum Gasteiger partial charge on any atom is -0.396 e. The first-order chi connectivity index (χ1) is 6.57. The third-order valence-corrected chi connectivity index (χ3v) is 1.82. The lowest BCUT2D eigenvalue weighted by Gasteiger charge is -2.15. The Kier molecular flexibility index (Phi) is 2.88. The fraction of sp³-hybridized carbons (Fsp3) is 0.250. The summed E-state index contributed by atoms with van der Waals surface area (Å²) in [6.45, 7) is 0. The molecule has 0 bridgehead atoms. The van der Waals surface area contributed by atoms with Crippen LogP contribution in [0.2, 0.25) is 0 Å². The first-order valence-corrected chi connectivity index (χ1v) is 4.02. The Bertz CT molecular complexity index is 350. The molecule has 0 radical (unpaired) electrons. The molecule has 0 unspecified atom stereocenters. The maximum atomic E-state index is 11.3. The van der Waals surface area contributed by atoms with Crippen molar-refractivity contribution in [3.63, 3.8) is 0 Å². The maximum Gasteiger partial charge on any atom is 0.254 e. The highest BCUT2D eigenvalue weighted by atomic mass is 16.1. The SMILES string of the molecule is CNC(=O)c1cncc(N(C)N)c1N. The molecule has 0 aliphatic carbocycles. The average molecular weight is 195 g/mol. The second-order valence-electron chi connectivity index (χ2n) is 2.81. The maximum absolute atomic E-state index is 11.3. The van der Waals surface area contributed by atoms with E-state index in [1.54, 1.807) is 7.05 Å². The van der Waals surface area contributed by atoms with Gasteiger partial charge in [-0.05, 0) is 0 Å². The standard InChI is InChI=1S/C8H13N5O/c1-11-8(14)5-3-12-4-6(7(5)9)13(2)10/h3-4H,10H2,1-2H3,(H2,9,12)(H,11,14). The van der Waals surface area contributed by atoms with E-state index in [-0.39, 0.29) is 5.91 Å². The normalized spacial score (nSPS) is 9.64. The predicted octanol–water partition coefficient (Wildman–Crippen LogP) is -0.667. The highest BCUT2D eigenvalue weighted by molar-refractivity contribution is 6.01. The summed E-state index contributed by atoms with van der Waals surface area (Å²) < 4.78 is 0. The number of anilines is 2. The number of hydrogen-bond acceptors (Lipinski definition) is 5. The Hall–Kier alpha value is -1.82. The van der Waals surface area contributed by atoms with Crippen LogP contribution in [0, 0.1) is 0 Å². The van der Waals surface area contributed by atoms with E-state index in [0.29, 0.717) is 16.9 Å².